The van der Waals surface area contributed by atoms with E-state index in [-0.39, 0.29) is 0 Å². The summed E-state index contributed by atoms with van der Waals surface area (Å²) in [4.78, 5) is 4.63. The number of hydrogen-bond donors (Lipinski definition) is 2. The minimum Gasteiger partial charge on any atom is -0.383 e. The van der Waals surface area contributed by atoms with Crippen molar-refractivity contribution in [1.29, 1.82) is 0 Å². The third-order valence-corrected chi connectivity index (χ3v) is 4.08. The van der Waals surface area contributed by atoms with Crippen LogP contribution in [-0.4, -0.2) is 15.2 Å². The summed E-state index contributed by atoms with van der Waals surface area (Å²) in [5, 5.41) is 9.59. The van der Waals surface area contributed by atoms with E-state index in [0.717, 1.165) is 21.8 Å². The molecule has 2 aromatic heterocycles. The number of aryl methyl sites for hydroxylation is 2. The summed E-state index contributed by atoms with van der Waals surface area (Å²) in [5.74, 6) is 0.556. The average Bonchev–Trinajstić information content (AvgIpc) is 3.01. The lowest BCUT2D eigenvalue weighted by Crippen LogP contribution is -1.87. The lowest BCUT2D eigenvalue weighted by Gasteiger charge is -2.02. The van der Waals surface area contributed by atoms with Gasteiger partial charge < -0.3 is 5.73 Å². The van der Waals surface area contributed by atoms with Crippen molar-refractivity contribution in [3.63, 3.8) is 0 Å². The number of aromatic nitrogens is 3. The fraction of sp³-hybridized carbons (Fsp3) is 0.143. The van der Waals surface area contributed by atoms with Crippen LogP contribution in [0.2, 0.25) is 0 Å². The molecule has 2 heterocycles. The van der Waals surface area contributed by atoms with Gasteiger partial charge in [0, 0.05) is 10.9 Å². The van der Waals surface area contributed by atoms with Crippen molar-refractivity contribution in [2.75, 3.05) is 5.73 Å². The number of nitrogen functional groups attached to an aromatic ring is 1. The van der Waals surface area contributed by atoms with Crippen LogP contribution in [0.1, 0.15) is 11.1 Å². The van der Waals surface area contributed by atoms with E-state index in [2.05, 4.69) is 47.2 Å². The quantitative estimate of drug-likeness (QED) is 0.750. The van der Waals surface area contributed by atoms with E-state index in [1.165, 1.54) is 11.1 Å². The number of nitrogens with one attached hydrogen (secondary N) is 1. The van der Waals surface area contributed by atoms with Crippen molar-refractivity contribution in [3.05, 3.63) is 40.9 Å². The molecule has 0 radical (unpaired) electrons. The summed E-state index contributed by atoms with van der Waals surface area (Å²) >= 11 is 1.58. The van der Waals surface area contributed by atoms with E-state index < -0.39 is 0 Å². The van der Waals surface area contributed by atoms with Crippen LogP contribution in [0.15, 0.2) is 29.8 Å². The molecule has 0 atom stereocenters. The molecule has 19 heavy (non-hydrogen) atoms. The maximum Gasteiger partial charge on any atom is 0.129 e. The van der Waals surface area contributed by atoms with Crippen molar-refractivity contribution in [2.45, 2.75) is 13.8 Å². The molecule has 0 amide bonds. The van der Waals surface area contributed by atoms with Crippen LogP contribution in [0.25, 0.3) is 21.8 Å². The highest BCUT2D eigenvalue weighted by Crippen LogP contribution is 2.31. The first-order valence-corrected chi connectivity index (χ1v) is 6.85. The smallest absolute Gasteiger partial charge is 0.129 e. The molecule has 0 aliphatic heterocycles. The summed E-state index contributed by atoms with van der Waals surface area (Å²) in [7, 11) is 0. The Bertz CT molecular complexity index is 727. The molecule has 5 heteroatoms. The summed E-state index contributed by atoms with van der Waals surface area (Å²) in [6.07, 6.45) is 1.71. The van der Waals surface area contributed by atoms with Crippen molar-refractivity contribution < 1.29 is 0 Å². The first-order chi connectivity index (χ1) is 9.15. The molecule has 3 aromatic rings. The Morgan fingerprint density at radius 3 is 2.74 bits per heavy atom. The molecule has 0 unspecified atom stereocenters. The SMILES string of the molecule is Cc1ccc(-c2csc(-c3cn[nH]c3N)n2)cc1C. The van der Waals surface area contributed by atoms with Gasteiger partial charge in [0.2, 0.25) is 0 Å². The van der Waals surface area contributed by atoms with Gasteiger partial charge in [-0.25, -0.2) is 4.98 Å². The van der Waals surface area contributed by atoms with E-state index in [9.17, 15) is 0 Å². The van der Waals surface area contributed by atoms with Gasteiger partial charge in [-0.3, -0.25) is 5.10 Å². The lowest BCUT2D eigenvalue weighted by molar-refractivity contribution is 1.10. The van der Waals surface area contributed by atoms with E-state index in [1.54, 1.807) is 17.5 Å². The maximum absolute atomic E-state index is 5.81. The number of nitrogens with zero attached hydrogens (tertiary/aromatic N) is 2. The molecule has 0 fully saturated rings. The summed E-state index contributed by atoms with van der Waals surface area (Å²) < 4.78 is 0. The number of aromatic amines is 1. The minimum atomic E-state index is 0.556. The first-order valence-electron chi connectivity index (χ1n) is 5.97. The Kier molecular flexibility index (Phi) is 2.83. The number of nitrogens with two attached hydrogens (primary N) is 1. The predicted octanol–water partition coefficient (Wildman–Crippen LogP) is 3.40. The van der Waals surface area contributed by atoms with Gasteiger partial charge in [-0.05, 0) is 31.0 Å². The number of thiazole rings is 1. The van der Waals surface area contributed by atoms with Gasteiger partial charge >= 0.3 is 0 Å². The number of anilines is 1. The summed E-state index contributed by atoms with van der Waals surface area (Å²) in [5.41, 5.74) is 11.3. The highest BCUT2D eigenvalue weighted by atomic mass is 32.1. The van der Waals surface area contributed by atoms with Crippen LogP contribution in [-0.2, 0) is 0 Å². The normalized spacial score (nSPS) is 10.8. The molecule has 0 aliphatic carbocycles. The second kappa shape index (κ2) is 4.51. The van der Waals surface area contributed by atoms with Gasteiger partial charge in [0.25, 0.3) is 0 Å². The van der Waals surface area contributed by atoms with E-state index in [4.69, 9.17) is 5.73 Å². The molecule has 0 saturated heterocycles. The topological polar surface area (TPSA) is 67.6 Å². The van der Waals surface area contributed by atoms with Gasteiger partial charge in [-0.1, -0.05) is 12.1 Å². The fourth-order valence-corrected chi connectivity index (χ4v) is 2.75. The standard InChI is InChI=1S/C14H14N4S/c1-8-3-4-10(5-9(8)2)12-7-19-14(17-12)11-6-16-18-13(11)15/h3-7H,1-2H3,(H3,15,16,18). The second-order valence-electron chi connectivity index (χ2n) is 4.53. The third-order valence-electron chi connectivity index (χ3n) is 3.21. The molecule has 0 bridgehead atoms. The van der Waals surface area contributed by atoms with Crippen LogP contribution in [0.4, 0.5) is 5.82 Å². The largest absolute Gasteiger partial charge is 0.383 e. The Hall–Kier alpha value is -2.14. The van der Waals surface area contributed by atoms with Crippen molar-refractivity contribution in [3.8, 4) is 21.8 Å². The van der Waals surface area contributed by atoms with E-state index in [1.807, 2.05) is 5.38 Å². The average molecular weight is 270 g/mol. The zero-order valence-electron chi connectivity index (χ0n) is 10.8. The highest BCUT2D eigenvalue weighted by Gasteiger charge is 2.11. The van der Waals surface area contributed by atoms with Crippen molar-refractivity contribution in [1.82, 2.24) is 15.2 Å². The fourth-order valence-electron chi connectivity index (χ4n) is 1.90. The Morgan fingerprint density at radius 2 is 2.05 bits per heavy atom. The number of H-pyrrole nitrogens is 1. The molecular weight excluding hydrogens is 256 g/mol. The molecule has 4 nitrogen and oxygen atoms in total. The van der Waals surface area contributed by atoms with Crippen molar-refractivity contribution >= 4 is 17.2 Å². The lowest BCUT2D eigenvalue weighted by atomic mass is 10.1. The van der Waals surface area contributed by atoms with Gasteiger partial charge in [-0.15, -0.1) is 11.3 Å². The van der Waals surface area contributed by atoms with Gasteiger partial charge in [0.1, 0.15) is 10.8 Å². The van der Waals surface area contributed by atoms with Gasteiger partial charge in [0.15, 0.2) is 0 Å². The minimum absolute atomic E-state index is 0.556. The van der Waals surface area contributed by atoms with Crippen molar-refractivity contribution in [2.24, 2.45) is 0 Å². The molecular formula is C14H14N4S. The molecule has 0 spiro atoms. The molecule has 0 aliphatic rings. The predicted molar refractivity (Wildman–Crippen MR) is 79.0 cm³/mol. The van der Waals surface area contributed by atoms with Crippen LogP contribution < -0.4 is 5.73 Å². The van der Waals surface area contributed by atoms with Crippen LogP contribution in [0.5, 0.6) is 0 Å². The monoisotopic (exact) mass is 270 g/mol. The molecule has 3 N–H and O–H groups in total. The molecule has 96 valence electrons. The molecule has 3 rings (SSSR count). The number of benzene rings is 1. The van der Waals surface area contributed by atoms with E-state index in [0.29, 0.717) is 5.82 Å². The molecule has 1 aromatic carbocycles. The zero-order chi connectivity index (χ0) is 13.4. The third kappa shape index (κ3) is 2.13. The maximum atomic E-state index is 5.81. The van der Waals surface area contributed by atoms with Crippen LogP contribution in [0, 0.1) is 13.8 Å². The van der Waals surface area contributed by atoms with Crippen LogP contribution in [0.3, 0.4) is 0 Å². The zero-order valence-corrected chi connectivity index (χ0v) is 11.6. The number of hydrogen-bond acceptors (Lipinski definition) is 4. The first kappa shape index (κ1) is 11.9. The second-order valence-corrected chi connectivity index (χ2v) is 5.39. The van der Waals surface area contributed by atoms with Crippen LogP contribution >= 0.6 is 11.3 Å². The summed E-state index contributed by atoms with van der Waals surface area (Å²) in [6, 6.07) is 6.38. The molecule has 0 saturated carbocycles. The Labute approximate surface area is 115 Å². The number of rotatable bonds is 2. The van der Waals surface area contributed by atoms with E-state index >= 15 is 0 Å². The Balaban J connectivity index is 2.01. The summed E-state index contributed by atoms with van der Waals surface area (Å²) in [6.45, 7) is 4.22. The van der Waals surface area contributed by atoms with Gasteiger partial charge in [-0.2, -0.15) is 5.10 Å². The Morgan fingerprint density at radius 1 is 1.21 bits per heavy atom. The highest BCUT2D eigenvalue weighted by molar-refractivity contribution is 7.13. The van der Waals surface area contributed by atoms with Gasteiger partial charge in [0.05, 0.1) is 17.5 Å².